The van der Waals surface area contributed by atoms with E-state index in [2.05, 4.69) is 42.2 Å². The summed E-state index contributed by atoms with van der Waals surface area (Å²) in [5, 5.41) is 0. The molecular formula is C33H45BrN2O2. The normalized spacial score (nSPS) is 10.6. The highest BCUT2D eigenvalue weighted by molar-refractivity contribution is 5.91. The van der Waals surface area contributed by atoms with Crippen LogP contribution in [0.15, 0.2) is 73.1 Å². The Balaban J connectivity index is 0.00000507. The van der Waals surface area contributed by atoms with Crippen LogP contribution in [0.5, 0.6) is 5.75 Å². The van der Waals surface area contributed by atoms with E-state index in [1.807, 2.05) is 47.6 Å². The third-order valence-electron chi connectivity index (χ3n) is 6.84. The molecule has 0 saturated heterocycles. The Morgan fingerprint density at radius 1 is 0.763 bits per heavy atom. The van der Waals surface area contributed by atoms with Crippen molar-refractivity contribution in [3.05, 3.63) is 89.7 Å². The van der Waals surface area contributed by atoms with E-state index < -0.39 is 0 Å². The predicted octanol–water partition coefficient (Wildman–Crippen LogP) is 4.95. The minimum atomic E-state index is 0. The second-order valence-corrected chi connectivity index (χ2v) is 10.0. The van der Waals surface area contributed by atoms with Gasteiger partial charge in [0.15, 0.2) is 12.4 Å². The van der Waals surface area contributed by atoms with Crippen LogP contribution in [0.3, 0.4) is 0 Å². The highest BCUT2D eigenvalue weighted by Gasteiger charge is 2.12. The number of aromatic nitrogens is 1. The number of carbonyl (C=O) groups excluding carboxylic acids is 1. The van der Waals surface area contributed by atoms with Crippen LogP contribution in [0, 0.1) is 0 Å². The molecule has 0 bridgehead atoms. The van der Waals surface area contributed by atoms with Gasteiger partial charge in [-0.05, 0) is 47.9 Å². The maximum atomic E-state index is 12.4. The fourth-order valence-electron chi connectivity index (χ4n) is 4.61. The molecule has 1 amide bonds. The quantitative estimate of drug-likeness (QED) is 0.212. The summed E-state index contributed by atoms with van der Waals surface area (Å²) in [4.78, 5) is 17.4. The largest absolute Gasteiger partial charge is 1.00 e. The van der Waals surface area contributed by atoms with E-state index in [9.17, 15) is 4.79 Å². The topological polar surface area (TPSA) is 43.7 Å². The van der Waals surface area contributed by atoms with Crippen molar-refractivity contribution in [1.29, 1.82) is 0 Å². The molecule has 0 saturated carbocycles. The fourth-order valence-corrected chi connectivity index (χ4v) is 4.61. The number of ether oxygens (including phenoxy) is 1. The Morgan fingerprint density at radius 3 is 1.95 bits per heavy atom. The van der Waals surface area contributed by atoms with E-state index in [1.54, 1.807) is 6.92 Å². The molecule has 1 N–H and O–H groups in total. The number of nitrogens with one attached hydrogen (secondary N) is 1. The summed E-state index contributed by atoms with van der Waals surface area (Å²) in [5.74, 6) is 0.934. The molecule has 206 valence electrons. The fraction of sp³-hybridized carbons (Fsp3) is 0.455. The molecule has 0 unspecified atom stereocenters. The monoisotopic (exact) mass is 580 g/mol. The number of aromatic amines is 1. The number of amides is 1. The molecule has 0 aliphatic heterocycles. The molecule has 1 aromatic heterocycles. The van der Waals surface area contributed by atoms with Gasteiger partial charge in [-0.2, -0.15) is 0 Å². The third-order valence-corrected chi connectivity index (χ3v) is 6.84. The van der Waals surface area contributed by atoms with Crippen molar-refractivity contribution in [1.82, 2.24) is 0 Å². The molecule has 0 radical (unpaired) electrons. The number of hydrogen-bond donors (Lipinski definition) is 0. The molecule has 3 rings (SSSR count). The van der Waals surface area contributed by atoms with Gasteiger partial charge in [0.05, 0.1) is 13.2 Å². The number of halogens is 1. The van der Waals surface area contributed by atoms with Crippen molar-refractivity contribution >= 4 is 11.6 Å². The van der Waals surface area contributed by atoms with Crippen molar-refractivity contribution in [2.75, 3.05) is 11.5 Å². The molecular weight excluding hydrogens is 536 g/mol. The summed E-state index contributed by atoms with van der Waals surface area (Å²) >= 11 is 0. The number of hydrogen-bond acceptors (Lipinski definition) is 2. The van der Waals surface area contributed by atoms with Crippen LogP contribution >= 0.6 is 0 Å². The molecule has 5 heteroatoms. The number of pyridine rings is 1. The first kappa shape index (κ1) is 31.6. The van der Waals surface area contributed by atoms with Gasteiger partial charge < -0.3 is 26.6 Å². The minimum absolute atomic E-state index is 0. The molecule has 0 atom stereocenters. The van der Waals surface area contributed by atoms with Crippen molar-refractivity contribution in [2.45, 2.75) is 91.0 Å². The van der Waals surface area contributed by atoms with Crippen LogP contribution in [-0.4, -0.2) is 12.5 Å². The van der Waals surface area contributed by atoms with E-state index in [0.29, 0.717) is 6.54 Å². The maximum absolute atomic E-state index is 12.4. The first-order valence-electron chi connectivity index (χ1n) is 14.2. The first-order valence-corrected chi connectivity index (χ1v) is 14.2. The summed E-state index contributed by atoms with van der Waals surface area (Å²) in [7, 11) is 0. The Bertz CT molecular complexity index is 1020. The molecule has 0 fully saturated rings. The van der Waals surface area contributed by atoms with Crippen LogP contribution < -0.4 is 31.6 Å². The van der Waals surface area contributed by atoms with Gasteiger partial charge in [-0.3, -0.25) is 4.79 Å². The third kappa shape index (κ3) is 11.8. The zero-order valence-electron chi connectivity index (χ0n) is 23.3. The van der Waals surface area contributed by atoms with Gasteiger partial charge in [-0.1, -0.05) is 89.0 Å². The zero-order chi connectivity index (χ0) is 26.1. The molecule has 0 aliphatic carbocycles. The van der Waals surface area contributed by atoms with Crippen LogP contribution in [0.4, 0.5) is 5.69 Å². The number of H-pyrrole nitrogens is 1. The van der Waals surface area contributed by atoms with Gasteiger partial charge in [0.1, 0.15) is 5.75 Å². The Labute approximate surface area is 240 Å². The lowest BCUT2D eigenvalue weighted by atomic mass is 10.1. The van der Waals surface area contributed by atoms with Gasteiger partial charge in [0, 0.05) is 30.7 Å². The van der Waals surface area contributed by atoms with Crippen LogP contribution in [0.25, 0.3) is 0 Å². The summed E-state index contributed by atoms with van der Waals surface area (Å²) in [6, 6.07) is 20.5. The van der Waals surface area contributed by atoms with Crippen LogP contribution in [-0.2, 0) is 17.8 Å². The van der Waals surface area contributed by atoms with Crippen LogP contribution in [0.1, 0.15) is 94.7 Å². The van der Waals surface area contributed by atoms with Gasteiger partial charge in [0.25, 0.3) is 0 Å². The number of carbonyl (C=O) groups is 1. The SMILES string of the molecule is CCCCCCCCCCCCOc1ccc(CN(C(C)=O)c2ccc(Cc3ccc[nH+]c3)cc2)cc1.[Br-]. The highest BCUT2D eigenvalue weighted by Crippen LogP contribution is 2.21. The average Bonchev–Trinajstić information content (AvgIpc) is 2.92. The molecule has 1 heterocycles. The van der Waals surface area contributed by atoms with Crippen LogP contribution in [0.2, 0.25) is 0 Å². The number of rotatable bonds is 17. The van der Waals surface area contributed by atoms with Crippen molar-refractivity contribution in [3.63, 3.8) is 0 Å². The maximum Gasteiger partial charge on any atom is 0.224 e. The minimum Gasteiger partial charge on any atom is -1.00 e. The van der Waals surface area contributed by atoms with E-state index >= 15 is 0 Å². The molecule has 38 heavy (non-hydrogen) atoms. The summed E-state index contributed by atoms with van der Waals surface area (Å²) in [6.45, 7) is 5.20. The van der Waals surface area contributed by atoms with Crippen molar-refractivity contribution in [3.8, 4) is 5.75 Å². The summed E-state index contributed by atoms with van der Waals surface area (Å²) in [6.07, 6.45) is 18.1. The number of anilines is 1. The summed E-state index contributed by atoms with van der Waals surface area (Å²) in [5.41, 5.74) is 4.45. The molecule has 2 aromatic carbocycles. The lowest BCUT2D eigenvalue weighted by molar-refractivity contribution is -0.378. The second-order valence-electron chi connectivity index (χ2n) is 10.0. The van der Waals surface area contributed by atoms with E-state index in [1.165, 1.54) is 68.9 Å². The molecule has 4 nitrogen and oxygen atoms in total. The Morgan fingerprint density at radius 2 is 1.37 bits per heavy atom. The van der Waals surface area contributed by atoms with E-state index in [4.69, 9.17) is 4.74 Å². The molecule has 0 spiro atoms. The zero-order valence-corrected chi connectivity index (χ0v) is 24.8. The number of benzene rings is 2. The number of unbranched alkanes of at least 4 members (excludes halogenated alkanes) is 9. The van der Waals surface area contributed by atoms with Crippen molar-refractivity contribution < 1.29 is 31.5 Å². The number of nitrogens with zero attached hydrogens (tertiary/aromatic N) is 1. The average molecular weight is 582 g/mol. The Hall–Kier alpha value is -2.66. The standard InChI is InChI=1S/C33H44N2O2.BrH/c1-3-4-5-6-7-8-9-10-11-12-24-37-33-21-17-30(18-22-33)27-35(28(2)36)32-19-15-29(16-20-32)25-31-14-13-23-34-26-31;/h13-23,26H,3-12,24-25,27H2,1-2H3;1H. The van der Waals surface area contributed by atoms with Gasteiger partial charge in [-0.25, -0.2) is 4.98 Å². The molecule has 0 aliphatic rings. The van der Waals surface area contributed by atoms with E-state index in [0.717, 1.165) is 36.4 Å². The van der Waals surface area contributed by atoms with Gasteiger partial charge >= 0.3 is 0 Å². The lowest BCUT2D eigenvalue weighted by Crippen LogP contribution is -3.00. The Kier molecular flexibility index (Phi) is 15.4. The van der Waals surface area contributed by atoms with Gasteiger partial charge in [0.2, 0.25) is 5.91 Å². The van der Waals surface area contributed by atoms with E-state index in [-0.39, 0.29) is 22.9 Å². The summed E-state index contributed by atoms with van der Waals surface area (Å²) < 4.78 is 5.95. The predicted molar refractivity (Wildman–Crippen MR) is 153 cm³/mol. The smallest absolute Gasteiger partial charge is 0.224 e. The highest BCUT2D eigenvalue weighted by atomic mass is 79.9. The lowest BCUT2D eigenvalue weighted by Gasteiger charge is -2.22. The first-order chi connectivity index (χ1) is 18.2. The molecule has 3 aromatic rings. The van der Waals surface area contributed by atoms with Crippen molar-refractivity contribution in [2.24, 2.45) is 0 Å². The van der Waals surface area contributed by atoms with Gasteiger partial charge in [-0.15, -0.1) is 0 Å². The second kappa shape index (κ2) is 18.6.